The van der Waals surface area contributed by atoms with E-state index < -0.39 is 0 Å². The quantitative estimate of drug-likeness (QED) is 0.445. The van der Waals surface area contributed by atoms with Crippen molar-refractivity contribution in [1.82, 2.24) is 5.32 Å². The van der Waals surface area contributed by atoms with E-state index in [0.29, 0.717) is 30.0 Å². The molecular weight excluding hydrogens is 380 g/mol. The number of nitrogens with one attached hydrogen (secondary N) is 1. The highest BCUT2D eigenvalue weighted by molar-refractivity contribution is 5.94. The van der Waals surface area contributed by atoms with E-state index in [9.17, 15) is 9.90 Å². The molecule has 0 aliphatic carbocycles. The molecule has 0 fully saturated rings. The minimum atomic E-state index is -0.377. The summed E-state index contributed by atoms with van der Waals surface area (Å²) in [4.78, 5) is 16.4. The first-order chi connectivity index (χ1) is 14.1. The molecule has 2 aromatic rings. The van der Waals surface area contributed by atoms with Crippen molar-refractivity contribution in [3.05, 3.63) is 52.1 Å². The highest BCUT2D eigenvalue weighted by Crippen LogP contribution is 2.43. The Balaban J connectivity index is 1.63. The Hall–Kier alpha value is -3.22. The number of guanidine groups is 1. The summed E-state index contributed by atoms with van der Waals surface area (Å²) >= 11 is 0. The van der Waals surface area contributed by atoms with Crippen LogP contribution in [-0.2, 0) is 6.42 Å². The Morgan fingerprint density at radius 1 is 1.17 bits per heavy atom. The molecule has 0 saturated heterocycles. The summed E-state index contributed by atoms with van der Waals surface area (Å²) in [6.07, 6.45) is 2.35. The molecule has 1 aliphatic heterocycles. The second kappa shape index (κ2) is 8.26. The highest BCUT2D eigenvalue weighted by Gasteiger charge is 2.34. The fourth-order valence-corrected chi connectivity index (χ4v) is 3.85. The molecule has 1 unspecified atom stereocenters. The number of nitrogens with zero attached hydrogens (tertiary/aromatic N) is 1. The standard InChI is InChI=1S/C23H30N4O3/c1-13-14(2)20-18(15(3)19(13)28)9-10-23(4,30-20)11-12-26-21(29)16-5-7-17(8-6-16)27-22(24)25/h5-8,28H,9-12H2,1-4H3,(H,26,29)(H4,24,25,27). The summed E-state index contributed by atoms with van der Waals surface area (Å²) in [5.74, 6) is 1.05. The van der Waals surface area contributed by atoms with Gasteiger partial charge in [-0.05, 0) is 81.5 Å². The van der Waals surface area contributed by atoms with Crippen LogP contribution in [0.5, 0.6) is 11.5 Å². The van der Waals surface area contributed by atoms with E-state index in [-0.39, 0.29) is 17.5 Å². The largest absolute Gasteiger partial charge is 0.507 e. The minimum absolute atomic E-state index is 0.0228. The van der Waals surface area contributed by atoms with Crippen molar-refractivity contribution in [3.63, 3.8) is 0 Å². The summed E-state index contributed by atoms with van der Waals surface area (Å²) in [7, 11) is 0. The van der Waals surface area contributed by atoms with Gasteiger partial charge in [-0.15, -0.1) is 0 Å². The van der Waals surface area contributed by atoms with Crippen LogP contribution < -0.4 is 21.5 Å². The Labute approximate surface area is 177 Å². The maximum Gasteiger partial charge on any atom is 0.251 e. The predicted octanol–water partition coefficient (Wildman–Crippen LogP) is 3.13. The van der Waals surface area contributed by atoms with Crippen LogP contribution in [0.2, 0.25) is 0 Å². The summed E-state index contributed by atoms with van der Waals surface area (Å²) in [5, 5.41) is 13.3. The number of amides is 1. The first kappa shape index (κ1) is 21.5. The van der Waals surface area contributed by atoms with Crippen molar-refractivity contribution in [2.24, 2.45) is 16.5 Å². The van der Waals surface area contributed by atoms with Gasteiger partial charge in [-0.1, -0.05) is 0 Å². The second-order valence-corrected chi connectivity index (χ2v) is 8.17. The van der Waals surface area contributed by atoms with Crippen LogP contribution in [0, 0.1) is 20.8 Å². The summed E-state index contributed by atoms with van der Waals surface area (Å²) in [6, 6.07) is 6.76. The molecule has 0 spiro atoms. The second-order valence-electron chi connectivity index (χ2n) is 8.17. The molecule has 160 valence electrons. The number of carbonyl (C=O) groups is 1. The van der Waals surface area contributed by atoms with Gasteiger partial charge in [0.2, 0.25) is 0 Å². The molecule has 0 radical (unpaired) electrons. The smallest absolute Gasteiger partial charge is 0.251 e. The third-order valence-electron chi connectivity index (χ3n) is 5.92. The third-order valence-corrected chi connectivity index (χ3v) is 5.92. The number of hydrogen-bond acceptors (Lipinski definition) is 4. The van der Waals surface area contributed by atoms with E-state index >= 15 is 0 Å². The number of aliphatic imine (C=N–C) groups is 1. The number of ether oxygens (including phenoxy) is 1. The Bertz CT molecular complexity index is 995. The van der Waals surface area contributed by atoms with E-state index in [1.54, 1.807) is 24.3 Å². The van der Waals surface area contributed by atoms with Crippen LogP contribution in [0.25, 0.3) is 0 Å². The molecule has 3 rings (SSSR count). The van der Waals surface area contributed by atoms with Gasteiger partial charge in [0.1, 0.15) is 17.1 Å². The molecule has 0 aromatic heterocycles. The number of phenolic OH excluding ortho intramolecular Hbond substituents is 1. The molecule has 6 N–H and O–H groups in total. The van der Waals surface area contributed by atoms with Gasteiger partial charge in [0.05, 0.1) is 5.69 Å². The first-order valence-corrected chi connectivity index (χ1v) is 10.1. The number of phenols is 1. The maximum atomic E-state index is 12.4. The third kappa shape index (κ3) is 4.35. The number of nitrogens with two attached hydrogens (primary N) is 2. The fourth-order valence-electron chi connectivity index (χ4n) is 3.85. The lowest BCUT2D eigenvalue weighted by molar-refractivity contribution is 0.0543. The average molecular weight is 411 g/mol. The highest BCUT2D eigenvalue weighted by atomic mass is 16.5. The molecule has 2 aromatic carbocycles. The van der Waals surface area contributed by atoms with E-state index in [4.69, 9.17) is 16.2 Å². The molecule has 0 bridgehead atoms. The van der Waals surface area contributed by atoms with E-state index in [2.05, 4.69) is 17.2 Å². The summed E-state index contributed by atoms with van der Waals surface area (Å²) in [6.45, 7) is 8.39. The molecule has 0 saturated carbocycles. The predicted molar refractivity (Wildman–Crippen MR) is 119 cm³/mol. The van der Waals surface area contributed by atoms with Gasteiger partial charge >= 0.3 is 0 Å². The number of carbonyl (C=O) groups excluding carboxylic acids is 1. The molecule has 1 aliphatic rings. The molecule has 7 nitrogen and oxygen atoms in total. The number of aromatic hydroxyl groups is 1. The van der Waals surface area contributed by atoms with Gasteiger partial charge in [-0.3, -0.25) is 4.79 Å². The summed E-state index contributed by atoms with van der Waals surface area (Å²) in [5.41, 5.74) is 15.3. The Morgan fingerprint density at radius 2 is 1.83 bits per heavy atom. The van der Waals surface area contributed by atoms with E-state index in [1.807, 2.05) is 20.8 Å². The summed E-state index contributed by atoms with van der Waals surface area (Å²) < 4.78 is 6.41. The number of benzene rings is 2. The zero-order valence-corrected chi connectivity index (χ0v) is 18.0. The number of rotatable bonds is 5. The van der Waals surface area contributed by atoms with Crippen molar-refractivity contribution in [2.75, 3.05) is 6.54 Å². The lowest BCUT2D eigenvalue weighted by Gasteiger charge is -2.38. The van der Waals surface area contributed by atoms with Gasteiger partial charge in [-0.25, -0.2) is 4.99 Å². The first-order valence-electron chi connectivity index (χ1n) is 10.1. The normalized spacial score (nSPS) is 17.6. The average Bonchev–Trinajstić information content (AvgIpc) is 2.70. The zero-order valence-electron chi connectivity index (χ0n) is 18.0. The van der Waals surface area contributed by atoms with E-state index in [1.165, 1.54) is 0 Å². The molecule has 1 atom stereocenters. The molecule has 1 heterocycles. The molecule has 7 heteroatoms. The zero-order chi connectivity index (χ0) is 22.1. The van der Waals surface area contributed by atoms with Gasteiger partial charge in [0.25, 0.3) is 5.91 Å². The lowest BCUT2D eigenvalue weighted by Crippen LogP contribution is -2.40. The molecule has 1 amide bonds. The van der Waals surface area contributed by atoms with Crippen molar-refractivity contribution >= 4 is 17.6 Å². The number of hydrogen-bond donors (Lipinski definition) is 4. The molecular formula is C23H30N4O3. The lowest BCUT2D eigenvalue weighted by atomic mass is 9.85. The van der Waals surface area contributed by atoms with Gasteiger partial charge in [0.15, 0.2) is 5.96 Å². The van der Waals surface area contributed by atoms with Crippen LogP contribution >= 0.6 is 0 Å². The van der Waals surface area contributed by atoms with Crippen LogP contribution in [0.3, 0.4) is 0 Å². The SMILES string of the molecule is Cc1c(C)c2c(c(C)c1O)CCC(C)(CCNC(=O)c1ccc(N=C(N)N)cc1)O2. The Morgan fingerprint density at radius 3 is 2.47 bits per heavy atom. The van der Waals surface area contributed by atoms with Crippen molar-refractivity contribution in [1.29, 1.82) is 0 Å². The maximum absolute atomic E-state index is 12.4. The van der Waals surface area contributed by atoms with Crippen LogP contribution in [0.4, 0.5) is 5.69 Å². The minimum Gasteiger partial charge on any atom is -0.507 e. The number of fused-ring (bicyclic) bond motifs is 1. The monoisotopic (exact) mass is 410 g/mol. The van der Waals surface area contributed by atoms with Crippen molar-refractivity contribution in [2.45, 2.75) is 52.6 Å². The van der Waals surface area contributed by atoms with E-state index in [0.717, 1.165) is 40.8 Å². The molecule has 30 heavy (non-hydrogen) atoms. The topological polar surface area (TPSA) is 123 Å². The van der Waals surface area contributed by atoms with Crippen LogP contribution in [0.15, 0.2) is 29.3 Å². The van der Waals surface area contributed by atoms with Gasteiger partial charge in [0, 0.05) is 24.1 Å². The van der Waals surface area contributed by atoms with Crippen molar-refractivity contribution < 1.29 is 14.6 Å². The Kier molecular flexibility index (Phi) is 5.92. The fraction of sp³-hybridized carbons (Fsp3) is 0.391. The van der Waals surface area contributed by atoms with Gasteiger partial charge < -0.3 is 26.6 Å². The van der Waals surface area contributed by atoms with Crippen LogP contribution in [-0.4, -0.2) is 29.1 Å². The van der Waals surface area contributed by atoms with Crippen molar-refractivity contribution in [3.8, 4) is 11.5 Å². The van der Waals surface area contributed by atoms with Gasteiger partial charge in [-0.2, -0.15) is 0 Å². The van der Waals surface area contributed by atoms with Crippen LogP contribution in [0.1, 0.15) is 52.4 Å².